The molecule has 0 aromatic heterocycles. The molecule has 4 heteroatoms. The zero-order chi connectivity index (χ0) is 14.7. The highest BCUT2D eigenvalue weighted by Gasteiger charge is 2.27. The van der Waals surface area contributed by atoms with E-state index in [0.29, 0.717) is 11.3 Å². The highest BCUT2D eigenvalue weighted by atomic mass is 79.9. The Kier molecular flexibility index (Phi) is 5.82. The topological polar surface area (TPSA) is 29.3 Å². The van der Waals surface area contributed by atoms with Crippen LogP contribution in [0.4, 0.5) is 5.69 Å². The molecule has 20 heavy (non-hydrogen) atoms. The molecule has 1 aromatic carbocycles. The monoisotopic (exact) mass is 356 g/mol. The number of benzene rings is 1. The van der Waals surface area contributed by atoms with Crippen LogP contribution >= 0.6 is 27.7 Å². The lowest BCUT2D eigenvalue weighted by Crippen LogP contribution is -2.45. The van der Waals surface area contributed by atoms with Crippen LogP contribution in [0, 0.1) is 0 Å². The molecular weight excluding hydrogens is 332 g/mol. The Morgan fingerprint density at radius 1 is 1.45 bits per heavy atom. The molecule has 1 aliphatic rings. The Morgan fingerprint density at radius 2 is 2.20 bits per heavy atom. The number of thioether (sulfide) groups is 1. The van der Waals surface area contributed by atoms with Crippen molar-refractivity contribution in [2.45, 2.75) is 50.9 Å². The van der Waals surface area contributed by atoms with Crippen LogP contribution in [0.5, 0.6) is 0 Å². The van der Waals surface area contributed by atoms with Gasteiger partial charge in [0.05, 0.1) is 0 Å². The third kappa shape index (κ3) is 3.71. The lowest BCUT2D eigenvalue weighted by Gasteiger charge is -2.40. The average Bonchev–Trinajstić information content (AvgIpc) is 2.42. The molecule has 2 rings (SSSR count). The van der Waals surface area contributed by atoms with E-state index < -0.39 is 0 Å². The second-order valence-electron chi connectivity index (χ2n) is 5.66. The number of nitrogens with zero attached hydrogens (tertiary/aromatic N) is 1. The molecule has 3 unspecified atom stereocenters. The third-order valence-corrected chi connectivity index (χ3v) is 6.07. The molecule has 1 fully saturated rings. The van der Waals surface area contributed by atoms with Crippen LogP contribution in [-0.4, -0.2) is 29.6 Å². The molecule has 1 aliphatic heterocycles. The van der Waals surface area contributed by atoms with Gasteiger partial charge >= 0.3 is 0 Å². The fourth-order valence-corrected chi connectivity index (χ4v) is 4.21. The average molecular weight is 357 g/mol. The fraction of sp³-hybridized carbons (Fsp3) is 0.625. The van der Waals surface area contributed by atoms with Gasteiger partial charge in [0.15, 0.2) is 0 Å². The van der Waals surface area contributed by atoms with E-state index in [2.05, 4.69) is 71.6 Å². The van der Waals surface area contributed by atoms with Gasteiger partial charge in [0.1, 0.15) is 0 Å². The van der Waals surface area contributed by atoms with Gasteiger partial charge in [-0.05, 0) is 43.5 Å². The minimum absolute atomic E-state index is 0.245. The number of halogens is 1. The second-order valence-corrected chi connectivity index (χ2v) is 8.06. The Balaban J connectivity index is 2.30. The zero-order valence-corrected chi connectivity index (χ0v) is 15.0. The van der Waals surface area contributed by atoms with Crippen LogP contribution in [-0.2, 0) is 6.42 Å². The van der Waals surface area contributed by atoms with Gasteiger partial charge in [-0.25, -0.2) is 0 Å². The standard InChI is InChI=1S/C16H25BrN2S/c1-4-15(18)10-13-9-14(17)5-6-16(13)19-7-8-20-12(3)11(19)2/h5-6,9,11-12,15H,4,7-8,10,18H2,1-3H3. The highest BCUT2D eigenvalue weighted by molar-refractivity contribution is 9.10. The molecule has 0 bridgehead atoms. The van der Waals surface area contributed by atoms with E-state index in [1.54, 1.807) is 0 Å². The molecule has 3 atom stereocenters. The minimum Gasteiger partial charge on any atom is -0.367 e. The molecule has 0 amide bonds. The first-order chi connectivity index (χ1) is 9.52. The van der Waals surface area contributed by atoms with E-state index in [1.165, 1.54) is 17.0 Å². The molecule has 0 spiro atoms. The van der Waals surface area contributed by atoms with Crippen molar-refractivity contribution in [1.29, 1.82) is 0 Å². The van der Waals surface area contributed by atoms with Crippen molar-refractivity contribution >= 4 is 33.4 Å². The maximum absolute atomic E-state index is 6.18. The first-order valence-corrected chi connectivity index (χ1v) is 9.29. The summed E-state index contributed by atoms with van der Waals surface area (Å²) in [6.45, 7) is 7.96. The normalized spacial score (nSPS) is 24.8. The fourth-order valence-electron chi connectivity index (χ4n) is 2.70. The van der Waals surface area contributed by atoms with Crippen molar-refractivity contribution in [3.05, 3.63) is 28.2 Å². The van der Waals surface area contributed by atoms with Crippen molar-refractivity contribution in [2.24, 2.45) is 5.73 Å². The molecule has 2 N–H and O–H groups in total. The summed E-state index contributed by atoms with van der Waals surface area (Å²) in [6, 6.07) is 7.46. The Bertz CT molecular complexity index is 452. The Labute approximate surface area is 135 Å². The number of anilines is 1. The highest BCUT2D eigenvalue weighted by Crippen LogP contribution is 2.33. The van der Waals surface area contributed by atoms with Gasteiger partial charge in [-0.1, -0.05) is 29.8 Å². The van der Waals surface area contributed by atoms with Gasteiger partial charge in [-0.15, -0.1) is 0 Å². The molecule has 1 aromatic rings. The molecule has 1 heterocycles. The number of nitrogens with two attached hydrogens (primary N) is 1. The van der Waals surface area contributed by atoms with Crippen LogP contribution in [0.3, 0.4) is 0 Å². The SMILES string of the molecule is CCC(N)Cc1cc(Br)ccc1N1CCSC(C)C1C. The van der Waals surface area contributed by atoms with Crippen LogP contribution in [0.2, 0.25) is 0 Å². The van der Waals surface area contributed by atoms with Crippen LogP contribution in [0.25, 0.3) is 0 Å². The number of hydrogen-bond acceptors (Lipinski definition) is 3. The van der Waals surface area contributed by atoms with Crippen LogP contribution in [0.1, 0.15) is 32.8 Å². The van der Waals surface area contributed by atoms with Gasteiger partial charge in [0.25, 0.3) is 0 Å². The number of rotatable bonds is 4. The van der Waals surface area contributed by atoms with Gasteiger partial charge in [-0.3, -0.25) is 0 Å². The van der Waals surface area contributed by atoms with Gasteiger partial charge in [-0.2, -0.15) is 11.8 Å². The summed E-state index contributed by atoms with van der Waals surface area (Å²) in [5.41, 5.74) is 8.92. The van der Waals surface area contributed by atoms with Crippen molar-refractivity contribution in [2.75, 3.05) is 17.2 Å². The lowest BCUT2D eigenvalue weighted by molar-refractivity contribution is 0.613. The van der Waals surface area contributed by atoms with Gasteiger partial charge in [0.2, 0.25) is 0 Å². The van der Waals surface area contributed by atoms with Gasteiger partial charge < -0.3 is 10.6 Å². The van der Waals surface area contributed by atoms with Crippen molar-refractivity contribution < 1.29 is 0 Å². The summed E-state index contributed by atoms with van der Waals surface area (Å²) < 4.78 is 1.15. The van der Waals surface area contributed by atoms with Crippen molar-refractivity contribution in [1.82, 2.24) is 0 Å². The molecule has 112 valence electrons. The smallest absolute Gasteiger partial charge is 0.0403 e. The summed E-state index contributed by atoms with van der Waals surface area (Å²) in [5, 5.41) is 0.681. The summed E-state index contributed by atoms with van der Waals surface area (Å²) in [4.78, 5) is 2.56. The lowest BCUT2D eigenvalue weighted by atomic mass is 10.0. The second kappa shape index (κ2) is 7.19. The minimum atomic E-state index is 0.245. The molecular formula is C16H25BrN2S. The van der Waals surface area contributed by atoms with E-state index in [9.17, 15) is 0 Å². The first-order valence-electron chi connectivity index (χ1n) is 7.45. The van der Waals surface area contributed by atoms with Crippen LogP contribution < -0.4 is 10.6 Å². The summed E-state index contributed by atoms with van der Waals surface area (Å²) >= 11 is 5.67. The zero-order valence-electron chi connectivity index (χ0n) is 12.6. The summed E-state index contributed by atoms with van der Waals surface area (Å²) in [7, 11) is 0. The molecule has 1 saturated heterocycles. The van der Waals surface area contributed by atoms with E-state index >= 15 is 0 Å². The molecule has 0 aliphatic carbocycles. The molecule has 0 saturated carbocycles. The maximum atomic E-state index is 6.18. The van der Waals surface area contributed by atoms with Crippen LogP contribution in [0.15, 0.2) is 22.7 Å². The first kappa shape index (κ1) is 16.2. The molecule has 2 nitrogen and oxygen atoms in total. The Morgan fingerprint density at radius 3 is 2.90 bits per heavy atom. The third-order valence-electron chi connectivity index (χ3n) is 4.24. The summed E-state index contributed by atoms with van der Waals surface area (Å²) in [6.07, 6.45) is 1.98. The predicted octanol–water partition coefficient (Wildman–Crippen LogP) is 4.06. The van der Waals surface area contributed by atoms with E-state index in [-0.39, 0.29) is 6.04 Å². The van der Waals surface area contributed by atoms with E-state index in [1.807, 2.05) is 0 Å². The van der Waals surface area contributed by atoms with Crippen molar-refractivity contribution in [3.8, 4) is 0 Å². The van der Waals surface area contributed by atoms with Gasteiger partial charge in [0, 0.05) is 39.8 Å². The molecule has 0 radical (unpaired) electrons. The quantitative estimate of drug-likeness (QED) is 0.881. The summed E-state index contributed by atoms with van der Waals surface area (Å²) in [5.74, 6) is 1.21. The maximum Gasteiger partial charge on any atom is 0.0403 e. The van der Waals surface area contributed by atoms with E-state index in [0.717, 1.165) is 23.9 Å². The Hall–Kier alpha value is -0.190. The van der Waals surface area contributed by atoms with Crippen molar-refractivity contribution in [3.63, 3.8) is 0 Å². The largest absolute Gasteiger partial charge is 0.367 e. The van der Waals surface area contributed by atoms with E-state index in [4.69, 9.17) is 5.73 Å². The predicted molar refractivity (Wildman–Crippen MR) is 94.8 cm³/mol. The number of hydrogen-bond donors (Lipinski definition) is 1.